The minimum absolute atomic E-state index is 0.796. The Kier molecular flexibility index (Phi) is 2.66. The second-order valence-corrected chi connectivity index (χ2v) is 4.30. The van der Waals surface area contributed by atoms with Crippen LogP contribution in [0.3, 0.4) is 0 Å². The molecule has 0 aliphatic rings. The van der Waals surface area contributed by atoms with Crippen LogP contribution in [0.4, 0.5) is 0 Å². The Hall–Kier alpha value is -2.41. The van der Waals surface area contributed by atoms with Crippen molar-refractivity contribution < 1.29 is 4.79 Å². The fourth-order valence-electron chi connectivity index (χ4n) is 2.21. The molecule has 0 N–H and O–H groups in total. The number of aldehydes is 1. The van der Waals surface area contributed by atoms with E-state index >= 15 is 0 Å². The summed E-state index contributed by atoms with van der Waals surface area (Å²) in [7, 11) is 0. The summed E-state index contributed by atoms with van der Waals surface area (Å²) in [4.78, 5) is 10.3. The van der Waals surface area contributed by atoms with Crippen molar-refractivity contribution in [3.63, 3.8) is 0 Å². The lowest BCUT2D eigenvalue weighted by Crippen LogP contribution is -1.78. The van der Waals surface area contributed by atoms with Gasteiger partial charge in [-0.25, -0.2) is 0 Å². The van der Waals surface area contributed by atoms with Crippen LogP contribution in [-0.4, -0.2) is 6.29 Å². The van der Waals surface area contributed by atoms with Gasteiger partial charge in [0.1, 0.15) is 6.29 Å². The van der Waals surface area contributed by atoms with E-state index in [2.05, 4.69) is 42.5 Å². The maximum Gasteiger partial charge on any atom is 0.142 e. The van der Waals surface area contributed by atoms with Crippen LogP contribution < -0.4 is 0 Å². The summed E-state index contributed by atoms with van der Waals surface area (Å²) in [5.74, 6) is 0. The molecule has 0 amide bonds. The van der Waals surface area contributed by atoms with Gasteiger partial charge in [-0.2, -0.15) is 0 Å². The van der Waals surface area contributed by atoms with Crippen molar-refractivity contribution >= 4 is 33.9 Å². The Labute approximate surface area is 105 Å². The maximum absolute atomic E-state index is 10.3. The van der Waals surface area contributed by atoms with E-state index < -0.39 is 0 Å². The average molecular weight is 232 g/mol. The number of hydrogen-bond acceptors (Lipinski definition) is 1. The van der Waals surface area contributed by atoms with Crippen molar-refractivity contribution in [2.24, 2.45) is 0 Å². The molecule has 1 heteroatoms. The molecule has 0 aromatic heterocycles. The molecule has 0 atom stereocenters. The van der Waals surface area contributed by atoms with Crippen LogP contribution in [0.25, 0.3) is 27.6 Å². The van der Waals surface area contributed by atoms with Crippen LogP contribution in [0.15, 0.2) is 60.7 Å². The number of rotatable bonds is 2. The van der Waals surface area contributed by atoms with Crippen molar-refractivity contribution in [1.82, 2.24) is 0 Å². The Bertz CT molecular complexity index is 754. The number of hydrogen-bond donors (Lipinski definition) is 0. The van der Waals surface area contributed by atoms with E-state index in [1.807, 2.05) is 18.2 Å². The molecule has 3 aromatic carbocycles. The van der Waals surface area contributed by atoms with Crippen molar-refractivity contribution in [3.8, 4) is 0 Å². The highest BCUT2D eigenvalue weighted by Gasteiger charge is 1.98. The molecule has 0 radical (unpaired) electrons. The van der Waals surface area contributed by atoms with Crippen molar-refractivity contribution in [3.05, 3.63) is 66.2 Å². The minimum Gasteiger partial charge on any atom is -0.299 e. The van der Waals surface area contributed by atoms with Gasteiger partial charge in [-0.05, 0) is 51.4 Å². The summed E-state index contributed by atoms with van der Waals surface area (Å²) < 4.78 is 0. The van der Waals surface area contributed by atoms with Gasteiger partial charge in [0, 0.05) is 0 Å². The number of fused-ring (bicyclic) bond motifs is 2. The molecule has 86 valence electrons. The summed E-state index contributed by atoms with van der Waals surface area (Å²) in [6.07, 6.45) is 4.13. The van der Waals surface area contributed by atoms with Crippen molar-refractivity contribution in [2.75, 3.05) is 0 Å². The molecule has 1 nitrogen and oxygen atoms in total. The fraction of sp³-hybridized carbons (Fsp3) is 0. The lowest BCUT2D eigenvalue weighted by atomic mass is 10.0. The third-order valence-corrected chi connectivity index (χ3v) is 3.10. The van der Waals surface area contributed by atoms with Crippen molar-refractivity contribution in [1.29, 1.82) is 0 Å². The topological polar surface area (TPSA) is 17.1 Å². The van der Waals surface area contributed by atoms with Gasteiger partial charge in [-0.1, -0.05) is 42.5 Å². The zero-order valence-electron chi connectivity index (χ0n) is 9.84. The molecule has 3 rings (SSSR count). The highest BCUT2D eigenvalue weighted by molar-refractivity contribution is 5.99. The molecule has 18 heavy (non-hydrogen) atoms. The van der Waals surface area contributed by atoms with E-state index in [1.54, 1.807) is 0 Å². The van der Waals surface area contributed by atoms with Gasteiger partial charge < -0.3 is 0 Å². The minimum atomic E-state index is 0.796. The molecule has 0 aliphatic heterocycles. The van der Waals surface area contributed by atoms with Crippen LogP contribution in [0.2, 0.25) is 0 Å². The van der Waals surface area contributed by atoms with Gasteiger partial charge in [-0.15, -0.1) is 0 Å². The van der Waals surface area contributed by atoms with Gasteiger partial charge in [0.15, 0.2) is 0 Å². The summed E-state index contributed by atoms with van der Waals surface area (Å²) in [5, 5.41) is 4.90. The zero-order valence-corrected chi connectivity index (χ0v) is 9.84. The van der Waals surface area contributed by atoms with Gasteiger partial charge in [0.05, 0.1) is 0 Å². The molecule has 0 fully saturated rings. The first-order valence-electron chi connectivity index (χ1n) is 5.91. The molecular formula is C17H12O. The normalized spacial score (nSPS) is 11.3. The highest BCUT2D eigenvalue weighted by Crippen LogP contribution is 2.24. The van der Waals surface area contributed by atoms with Gasteiger partial charge in [-0.3, -0.25) is 4.79 Å². The van der Waals surface area contributed by atoms with Gasteiger partial charge >= 0.3 is 0 Å². The number of benzene rings is 3. The number of carbonyl (C=O) groups excluding carboxylic acids is 1. The van der Waals surface area contributed by atoms with Crippen LogP contribution in [0.5, 0.6) is 0 Å². The molecule has 0 spiro atoms. The van der Waals surface area contributed by atoms with E-state index in [-0.39, 0.29) is 0 Å². The molecule has 0 aliphatic carbocycles. The second kappa shape index (κ2) is 4.46. The predicted molar refractivity (Wildman–Crippen MR) is 76.6 cm³/mol. The largest absolute Gasteiger partial charge is 0.299 e. The van der Waals surface area contributed by atoms with E-state index in [0.29, 0.717) is 0 Å². The molecule has 0 saturated heterocycles. The standard InChI is InChI=1S/C17H12O/c18-9-3-4-13-7-8-16-11-14-5-1-2-6-15(14)12-17(16)10-13/h1-12H/b4-3+. The molecule has 0 heterocycles. The van der Waals surface area contributed by atoms with Gasteiger partial charge in [0.25, 0.3) is 0 Å². The van der Waals surface area contributed by atoms with Crippen LogP contribution in [0, 0.1) is 0 Å². The first-order valence-corrected chi connectivity index (χ1v) is 5.91. The summed E-state index contributed by atoms with van der Waals surface area (Å²) >= 11 is 0. The van der Waals surface area contributed by atoms with E-state index in [1.165, 1.54) is 27.6 Å². The SMILES string of the molecule is O=C/C=C/c1ccc2cc3ccccc3cc2c1. The van der Waals surface area contributed by atoms with Crippen LogP contribution in [-0.2, 0) is 4.79 Å². The lowest BCUT2D eigenvalue weighted by Gasteiger charge is -2.03. The average Bonchev–Trinajstić information content (AvgIpc) is 2.42. The summed E-state index contributed by atoms with van der Waals surface area (Å²) in [6.45, 7) is 0. The van der Waals surface area contributed by atoms with Gasteiger partial charge in [0.2, 0.25) is 0 Å². The molecule has 0 unspecified atom stereocenters. The number of carbonyl (C=O) groups is 1. The first kappa shape index (κ1) is 10.7. The quantitative estimate of drug-likeness (QED) is 0.367. The highest BCUT2D eigenvalue weighted by atomic mass is 16.1. The molecule has 0 saturated carbocycles. The van der Waals surface area contributed by atoms with E-state index in [4.69, 9.17) is 0 Å². The molecule has 3 aromatic rings. The Balaban J connectivity index is 2.23. The monoisotopic (exact) mass is 232 g/mol. The smallest absolute Gasteiger partial charge is 0.142 e. The van der Waals surface area contributed by atoms with E-state index in [0.717, 1.165) is 11.8 Å². The predicted octanol–water partition coefficient (Wildman–Crippen LogP) is 4.21. The molecule has 0 bridgehead atoms. The first-order chi connectivity index (χ1) is 8.86. The Morgan fingerprint density at radius 1 is 0.722 bits per heavy atom. The maximum atomic E-state index is 10.3. The fourth-order valence-corrected chi connectivity index (χ4v) is 2.21. The zero-order chi connectivity index (χ0) is 12.4. The summed E-state index contributed by atoms with van der Waals surface area (Å²) in [5.41, 5.74) is 1.05. The van der Waals surface area contributed by atoms with Crippen LogP contribution >= 0.6 is 0 Å². The number of allylic oxidation sites excluding steroid dienone is 1. The lowest BCUT2D eigenvalue weighted by molar-refractivity contribution is -0.104. The Morgan fingerprint density at radius 2 is 1.39 bits per heavy atom. The summed E-state index contributed by atoms with van der Waals surface area (Å²) in [6, 6.07) is 18.9. The molecular weight excluding hydrogens is 220 g/mol. The van der Waals surface area contributed by atoms with Crippen LogP contribution in [0.1, 0.15) is 5.56 Å². The van der Waals surface area contributed by atoms with E-state index in [9.17, 15) is 4.79 Å². The Morgan fingerprint density at radius 3 is 2.11 bits per heavy atom. The second-order valence-electron chi connectivity index (χ2n) is 4.30. The third kappa shape index (κ3) is 1.91. The third-order valence-electron chi connectivity index (χ3n) is 3.10. The van der Waals surface area contributed by atoms with Crippen molar-refractivity contribution in [2.45, 2.75) is 0 Å².